The molecule has 2 nitrogen and oxygen atoms in total. The molecule has 1 N–H and O–H groups in total. The highest BCUT2D eigenvalue weighted by Gasteiger charge is 2.24. The molecule has 1 fully saturated rings. The maximum Gasteiger partial charge on any atom is 0.130 e. The van der Waals surface area contributed by atoms with Crippen molar-refractivity contribution in [2.24, 2.45) is 5.92 Å². The summed E-state index contributed by atoms with van der Waals surface area (Å²) in [5.74, 6) is 2.41. The van der Waals surface area contributed by atoms with E-state index in [1.54, 1.807) is 0 Å². The summed E-state index contributed by atoms with van der Waals surface area (Å²) in [7, 11) is 0. The first kappa shape index (κ1) is 12.5. The molecule has 0 spiro atoms. The normalized spacial score (nSPS) is 22.6. The molecule has 2 atom stereocenters. The molecule has 0 aliphatic heterocycles. The predicted octanol–water partition coefficient (Wildman–Crippen LogP) is 4.71. The SMILES string of the molecule is CC1CCC(c2nc(=S)cc(-c3ccccc3)[nH]2)C1. The van der Waals surface area contributed by atoms with Crippen LogP contribution in [0.25, 0.3) is 11.3 Å². The smallest absolute Gasteiger partial charge is 0.130 e. The third-order valence-corrected chi connectivity index (χ3v) is 4.14. The van der Waals surface area contributed by atoms with E-state index in [0.717, 1.165) is 17.4 Å². The third kappa shape index (κ3) is 2.76. The standard InChI is InChI=1S/C16H18N2S/c1-11-7-8-13(9-11)16-17-14(10-15(19)18-16)12-5-3-2-4-6-12/h2-6,10-11,13H,7-9H2,1H3,(H,17,18,19). The highest BCUT2D eigenvalue weighted by molar-refractivity contribution is 7.71. The molecule has 1 saturated carbocycles. The minimum Gasteiger partial charge on any atom is -0.343 e. The van der Waals surface area contributed by atoms with Crippen LogP contribution in [0.2, 0.25) is 0 Å². The molecule has 98 valence electrons. The van der Waals surface area contributed by atoms with Crippen molar-refractivity contribution >= 4 is 12.2 Å². The van der Waals surface area contributed by atoms with E-state index < -0.39 is 0 Å². The molecular weight excluding hydrogens is 252 g/mol. The molecule has 1 aliphatic rings. The number of rotatable bonds is 2. The summed E-state index contributed by atoms with van der Waals surface area (Å²) >= 11 is 5.32. The van der Waals surface area contributed by atoms with E-state index in [1.807, 2.05) is 24.3 Å². The average molecular weight is 270 g/mol. The lowest BCUT2D eigenvalue weighted by atomic mass is 10.0. The Labute approximate surface area is 118 Å². The van der Waals surface area contributed by atoms with Crippen molar-refractivity contribution < 1.29 is 0 Å². The largest absolute Gasteiger partial charge is 0.343 e. The van der Waals surface area contributed by atoms with E-state index in [2.05, 4.69) is 29.0 Å². The van der Waals surface area contributed by atoms with Gasteiger partial charge in [-0.1, -0.05) is 49.5 Å². The Morgan fingerprint density at radius 1 is 1.21 bits per heavy atom. The van der Waals surface area contributed by atoms with Crippen LogP contribution in [0.3, 0.4) is 0 Å². The molecule has 0 saturated heterocycles. The summed E-state index contributed by atoms with van der Waals surface area (Å²) in [5, 5.41) is 0. The van der Waals surface area contributed by atoms with Gasteiger partial charge in [0, 0.05) is 11.6 Å². The van der Waals surface area contributed by atoms with Gasteiger partial charge >= 0.3 is 0 Å². The maximum absolute atomic E-state index is 5.32. The molecule has 2 unspecified atom stereocenters. The van der Waals surface area contributed by atoms with Crippen LogP contribution < -0.4 is 0 Å². The molecule has 19 heavy (non-hydrogen) atoms. The molecule has 1 aromatic heterocycles. The van der Waals surface area contributed by atoms with Crippen molar-refractivity contribution in [3.8, 4) is 11.3 Å². The lowest BCUT2D eigenvalue weighted by Crippen LogP contribution is -2.02. The molecule has 0 radical (unpaired) electrons. The molecule has 1 heterocycles. The lowest BCUT2D eigenvalue weighted by molar-refractivity contribution is 0.585. The van der Waals surface area contributed by atoms with E-state index in [-0.39, 0.29) is 0 Å². The first-order valence-electron chi connectivity index (χ1n) is 6.89. The van der Waals surface area contributed by atoms with Gasteiger partial charge in [-0.2, -0.15) is 0 Å². The van der Waals surface area contributed by atoms with Crippen LogP contribution in [0.1, 0.15) is 37.9 Å². The van der Waals surface area contributed by atoms with E-state index in [4.69, 9.17) is 12.2 Å². The van der Waals surface area contributed by atoms with Crippen LogP contribution in [0.5, 0.6) is 0 Å². The Bertz CT molecular complexity index is 618. The zero-order valence-electron chi connectivity index (χ0n) is 11.1. The van der Waals surface area contributed by atoms with E-state index >= 15 is 0 Å². The van der Waals surface area contributed by atoms with Gasteiger partial charge in [-0.05, 0) is 36.8 Å². The molecule has 3 heteroatoms. The molecule has 1 aromatic carbocycles. The monoisotopic (exact) mass is 270 g/mol. The number of hydrogen-bond acceptors (Lipinski definition) is 2. The summed E-state index contributed by atoms with van der Waals surface area (Å²) in [5.41, 5.74) is 2.25. The van der Waals surface area contributed by atoms with Gasteiger partial charge in [0.2, 0.25) is 0 Å². The van der Waals surface area contributed by atoms with Crippen molar-refractivity contribution in [3.63, 3.8) is 0 Å². The van der Waals surface area contributed by atoms with Crippen LogP contribution in [-0.2, 0) is 0 Å². The van der Waals surface area contributed by atoms with E-state index in [1.165, 1.54) is 24.8 Å². The van der Waals surface area contributed by atoms with Crippen molar-refractivity contribution in [2.75, 3.05) is 0 Å². The van der Waals surface area contributed by atoms with Gasteiger partial charge in [-0.25, -0.2) is 4.98 Å². The summed E-state index contributed by atoms with van der Waals surface area (Å²) < 4.78 is 0.687. The molecular formula is C16H18N2S. The first-order chi connectivity index (χ1) is 9.22. The minimum absolute atomic E-state index is 0.542. The number of benzene rings is 1. The van der Waals surface area contributed by atoms with Gasteiger partial charge in [0.15, 0.2) is 0 Å². The fourth-order valence-electron chi connectivity index (χ4n) is 2.90. The Morgan fingerprint density at radius 2 is 2.00 bits per heavy atom. The number of nitrogens with zero attached hydrogens (tertiary/aromatic N) is 1. The quantitative estimate of drug-likeness (QED) is 0.801. The van der Waals surface area contributed by atoms with Crippen molar-refractivity contribution in [2.45, 2.75) is 32.1 Å². The van der Waals surface area contributed by atoms with Gasteiger partial charge < -0.3 is 4.98 Å². The highest BCUT2D eigenvalue weighted by atomic mass is 32.1. The van der Waals surface area contributed by atoms with Crippen LogP contribution in [0.15, 0.2) is 36.4 Å². The van der Waals surface area contributed by atoms with E-state index in [0.29, 0.717) is 10.6 Å². The number of aromatic nitrogens is 2. The van der Waals surface area contributed by atoms with Gasteiger partial charge in [-0.3, -0.25) is 0 Å². The van der Waals surface area contributed by atoms with Gasteiger partial charge in [0.05, 0.1) is 0 Å². The first-order valence-corrected chi connectivity index (χ1v) is 7.30. The molecule has 3 rings (SSSR count). The topological polar surface area (TPSA) is 28.7 Å². The zero-order chi connectivity index (χ0) is 13.2. The van der Waals surface area contributed by atoms with Gasteiger partial charge in [0.1, 0.15) is 10.5 Å². The fourth-order valence-corrected chi connectivity index (χ4v) is 3.11. The number of H-pyrrole nitrogens is 1. The second-order valence-electron chi connectivity index (χ2n) is 5.50. The number of aromatic amines is 1. The van der Waals surface area contributed by atoms with Crippen molar-refractivity contribution in [3.05, 3.63) is 46.9 Å². The molecule has 1 aliphatic carbocycles. The van der Waals surface area contributed by atoms with Crippen LogP contribution >= 0.6 is 12.2 Å². The van der Waals surface area contributed by atoms with Crippen LogP contribution in [-0.4, -0.2) is 9.97 Å². The number of hydrogen-bond donors (Lipinski definition) is 1. The third-order valence-electron chi connectivity index (χ3n) is 3.93. The van der Waals surface area contributed by atoms with Crippen LogP contribution in [0.4, 0.5) is 0 Å². The summed E-state index contributed by atoms with van der Waals surface area (Å²) in [6.07, 6.45) is 3.73. The minimum atomic E-state index is 0.542. The molecule has 0 bridgehead atoms. The molecule has 2 aromatic rings. The Morgan fingerprint density at radius 3 is 2.68 bits per heavy atom. The maximum atomic E-state index is 5.32. The van der Waals surface area contributed by atoms with Gasteiger partial charge in [-0.15, -0.1) is 0 Å². The van der Waals surface area contributed by atoms with E-state index in [9.17, 15) is 0 Å². The molecule has 0 amide bonds. The van der Waals surface area contributed by atoms with Crippen molar-refractivity contribution in [1.82, 2.24) is 9.97 Å². The van der Waals surface area contributed by atoms with Crippen molar-refractivity contribution in [1.29, 1.82) is 0 Å². The Balaban J connectivity index is 1.99. The van der Waals surface area contributed by atoms with Crippen LogP contribution in [0, 0.1) is 10.6 Å². The predicted molar refractivity (Wildman–Crippen MR) is 80.6 cm³/mol. The average Bonchev–Trinajstić information content (AvgIpc) is 2.86. The summed E-state index contributed by atoms with van der Waals surface area (Å²) in [4.78, 5) is 8.02. The fraction of sp³-hybridized carbons (Fsp3) is 0.375. The Kier molecular flexibility index (Phi) is 3.47. The summed E-state index contributed by atoms with van der Waals surface area (Å²) in [6, 6.07) is 12.3. The Hall–Kier alpha value is -1.48. The van der Waals surface area contributed by atoms with Gasteiger partial charge in [0.25, 0.3) is 0 Å². The number of nitrogens with one attached hydrogen (secondary N) is 1. The lowest BCUT2D eigenvalue weighted by Gasteiger charge is -2.11. The second-order valence-corrected chi connectivity index (χ2v) is 5.92. The highest BCUT2D eigenvalue weighted by Crippen LogP contribution is 2.36. The second kappa shape index (κ2) is 5.25. The summed E-state index contributed by atoms with van der Waals surface area (Å²) in [6.45, 7) is 2.32. The zero-order valence-corrected chi connectivity index (χ0v) is 11.9.